The number of hydrogen-bond acceptors (Lipinski definition) is 4. The van der Waals surface area contributed by atoms with Gasteiger partial charge in [-0.05, 0) is 18.1 Å². The number of carbonyl (C=O) groups is 1. The van der Waals surface area contributed by atoms with E-state index in [0.717, 1.165) is 16.9 Å². The van der Waals surface area contributed by atoms with Crippen molar-refractivity contribution < 1.29 is 4.79 Å². The van der Waals surface area contributed by atoms with E-state index in [0.29, 0.717) is 5.69 Å². The molecule has 0 radical (unpaired) electrons. The van der Waals surface area contributed by atoms with Gasteiger partial charge in [0.15, 0.2) is 4.96 Å². The van der Waals surface area contributed by atoms with E-state index < -0.39 is 0 Å². The van der Waals surface area contributed by atoms with Crippen molar-refractivity contribution in [3.05, 3.63) is 53.6 Å². The fourth-order valence-corrected chi connectivity index (χ4v) is 3.16. The summed E-state index contributed by atoms with van der Waals surface area (Å²) in [6, 6.07) is 3.89. The summed E-state index contributed by atoms with van der Waals surface area (Å²) in [5.74, 6) is -0.0680. The van der Waals surface area contributed by atoms with E-state index in [1.807, 2.05) is 41.4 Å². The third-order valence-electron chi connectivity index (χ3n) is 3.56. The Bertz CT molecular complexity index is 721. The quantitative estimate of drug-likeness (QED) is 0.744. The van der Waals surface area contributed by atoms with Crippen LogP contribution in [0.2, 0.25) is 0 Å². The summed E-state index contributed by atoms with van der Waals surface area (Å²) in [7, 11) is 1.82. The lowest BCUT2D eigenvalue weighted by molar-refractivity contribution is 0.0720. The number of nitrogens with zero attached hydrogens (tertiary/aromatic N) is 4. The minimum absolute atomic E-state index is 0.00550. The first kappa shape index (κ1) is 13.8. The topological polar surface area (TPSA) is 50.5 Å². The molecule has 0 saturated carbocycles. The number of hydrogen-bond donors (Lipinski definition) is 0. The van der Waals surface area contributed by atoms with Crippen molar-refractivity contribution in [1.29, 1.82) is 0 Å². The van der Waals surface area contributed by atoms with Gasteiger partial charge in [0.25, 0.3) is 5.91 Å². The number of carbonyl (C=O) groups excluding carboxylic acids is 1. The molecule has 1 atom stereocenters. The standard InChI is InChI=1S/C15H16N4OS/c1-3-13(11-5-4-6-16-9-11)18(2)14(20)12-10-19-7-8-21-15(19)17-12/h4-10,13H,3H2,1-2H3. The Morgan fingerprint density at radius 1 is 1.52 bits per heavy atom. The number of rotatable bonds is 4. The fraction of sp³-hybridized carbons (Fsp3) is 0.267. The third-order valence-corrected chi connectivity index (χ3v) is 4.33. The van der Waals surface area contributed by atoms with Crippen LogP contribution in [0.4, 0.5) is 0 Å². The second kappa shape index (κ2) is 5.65. The Morgan fingerprint density at radius 3 is 3.05 bits per heavy atom. The van der Waals surface area contributed by atoms with Gasteiger partial charge in [0.05, 0.1) is 6.04 Å². The van der Waals surface area contributed by atoms with Crippen LogP contribution in [0.15, 0.2) is 42.3 Å². The summed E-state index contributed by atoms with van der Waals surface area (Å²) < 4.78 is 1.87. The van der Waals surface area contributed by atoms with E-state index in [9.17, 15) is 4.79 Å². The molecule has 108 valence electrons. The van der Waals surface area contributed by atoms with Crippen molar-refractivity contribution in [3.8, 4) is 0 Å². The molecular weight excluding hydrogens is 284 g/mol. The van der Waals surface area contributed by atoms with Gasteiger partial charge in [0.2, 0.25) is 0 Å². The first-order valence-electron chi connectivity index (χ1n) is 6.80. The lowest BCUT2D eigenvalue weighted by atomic mass is 10.1. The maximum Gasteiger partial charge on any atom is 0.274 e. The third kappa shape index (κ3) is 2.54. The average molecular weight is 300 g/mol. The second-order valence-corrected chi connectivity index (χ2v) is 5.72. The Balaban J connectivity index is 1.87. The van der Waals surface area contributed by atoms with Gasteiger partial charge in [-0.1, -0.05) is 13.0 Å². The van der Waals surface area contributed by atoms with E-state index >= 15 is 0 Å². The molecule has 0 aliphatic carbocycles. The molecule has 0 saturated heterocycles. The van der Waals surface area contributed by atoms with Crippen LogP contribution in [0, 0.1) is 0 Å². The van der Waals surface area contributed by atoms with E-state index in [-0.39, 0.29) is 11.9 Å². The molecule has 0 spiro atoms. The maximum absolute atomic E-state index is 12.6. The van der Waals surface area contributed by atoms with Crippen LogP contribution in [-0.4, -0.2) is 32.2 Å². The lowest BCUT2D eigenvalue weighted by Gasteiger charge is -2.26. The fourth-order valence-electron chi connectivity index (χ4n) is 2.46. The van der Waals surface area contributed by atoms with Crippen molar-refractivity contribution in [2.45, 2.75) is 19.4 Å². The Labute approximate surface area is 126 Å². The van der Waals surface area contributed by atoms with E-state index in [4.69, 9.17) is 0 Å². The van der Waals surface area contributed by atoms with Crippen LogP contribution in [0.25, 0.3) is 4.96 Å². The van der Waals surface area contributed by atoms with Crippen LogP contribution in [-0.2, 0) is 0 Å². The van der Waals surface area contributed by atoms with Gasteiger partial charge in [-0.25, -0.2) is 4.98 Å². The van der Waals surface area contributed by atoms with Crippen LogP contribution in [0.3, 0.4) is 0 Å². The molecule has 0 fully saturated rings. The second-order valence-electron chi connectivity index (χ2n) is 4.85. The summed E-state index contributed by atoms with van der Waals surface area (Å²) in [6.45, 7) is 2.06. The molecule has 5 nitrogen and oxygen atoms in total. The summed E-state index contributed by atoms with van der Waals surface area (Å²) in [5.41, 5.74) is 1.52. The maximum atomic E-state index is 12.6. The zero-order valence-electron chi connectivity index (χ0n) is 11.9. The minimum Gasteiger partial charge on any atom is -0.333 e. The number of amides is 1. The highest BCUT2D eigenvalue weighted by Crippen LogP contribution is 2.24. The number of aromatic nitrogens is 3. The molecule has 3 heterocycles. The first-order chi connectivity index (χ1) is 10.2. The smallest absolute Gasteiger partial charge is 0.274 e. The van der Waals surface area contributed by atoms with Gasteiger partial charge >= 0.3 is 0 Å². The minimum atomic E-state index is -0.0680. The number of pyridine rings is 1. The highest BCUT2D eigenvalue weighted by atomic mass is 32.1. The summed E-state index contributed by atoms with van der Waals surface area (Å²) in [6.07, 6.45) is 8.06. The zero-order chi connectivity index (χ0) is 14.8. The highest BCUT2D eigenvalue weighted by molar-refractivity contribution is 7.15. The van der Waals surface area contributed by atoms with Crippen molar-refractivity contribution in [1.82, 2.24) is 19.3 Å². The van der Waals surface area contributed by atoms with Crippen LogP contribution >= 0.6 is 11.3 Å². The number of fused-ring (bicyclic) bond motifs is 1. The van der Waals surface area contributed by atoms with Gasteiger partial charge in [0, 0.05) is 37.2 Å². The van der Waals surface area contributed by atoms with E-state index in [2.05, 4.69) is 16.9 Å². The molecule has 0 N–H and O–H groups in total. The molecular formula is C15H16N4OS. The van der Waals surface area contributed by atoms with Crippen molar-refractivity contribution in [3.63, 3.8) is 0 Å². The van der Waals surface area contributed by atoms with Gasteiger partial charge < -0.3 is 4.90 Å². The molecule has 0 aliphatic heterocycles. The number of thiazole rings is 1. The van der Waals surface area contributed by atoms with Crippen LogP contribution < -0.4 is 0 Å². The summed E-state index contributed by atoms with van der Waals surface area (Å²) in [4.78, 5) is 23.7. The summed E-state index contributed by atoms with van der Waals surface area (Å²) >= 11 is 1.52. The molecule has 0 bridgehead atoms. The van der Waals surface area contributed by atoms with Gasteiger partial charge in [0.1, 0.15) is 5.69 Å². The predicted molar refractivity (Wildman–Crippen MR) is 82.4 cm³/mol. The molecule has 0 aromatic carbocycles. The molecule has 0 aliphatic rings. The molecule has 3 rings (SSSR count). The first-order valence-corrected chi connectivity index (χ1v) is 7.68. The zero-order valence-corrected chi connectivity index (χ0v) is 12.7. The molecule has 6 heteroatoms. The van der Waals surface area contributed by atoms with Crippen LogP contribution in [0.5, 0.6) is 0 Å². The van der Waals surface area contributed by atoms with E-state index in [1.54, 1.807) is 17.3 Å². The van der Waals surface area contributed by atoms with Crippen molar-refractivity contribution in [2.24, 2.45) is 0 Å². The van der Waals surface area contributed by atoms with Crippen molar-refractivity contribution >= 4 is 22.2 Å². The molecule has 3 aromatic rings. The normalized spacial score (nSPS) is 12.5. The van der Waals surface area contributed by atoms with E-state index in [1.165, 1.54) is 11.3 Å². The monoisotopic (exact) mass is 300 g/mol. The SMILES string of the molecule is CCC(c1cccnc1)N(C)C(=O)c1cn2ccsc2n1. The highest BCUT2D eigenvalue weighted by Gasteiger charge is 2.23. The predicted octanol–water partition coefficient (Wildman–Crippen LogP) is 3.01. The molecule has 3 aromatic heterocycles. The Morgan fingerprint density at radius 2 is 2.38 bits per heavy atom. The van der Waals surface area contributed by atoms with Gasteiger partial charge in [-0.2, -0.15) is 0 Å². The molecule has 1 unspecified atom stereocenters. The van der Waals surface area contributed by atoms with Gasteiger partial charge in [-0.3, -0.25) is 14.2 Å². The molecule has 21 heavy (non-hydrogen) atoms. The van der Waals surface area contributed by atoms with Crippen molar-refractivity contribution in [2.75, 3.05) is 7.05 Å². The number of imidazole rings is 1. The Kier molecular flexibility index (Phi) is 3.70. The Hall–Kier alpha value is -2.21. The average Bonchev–Trinajstić information content (AvgIpc) is 3.09. The molecule has 1 amide bonds. The van der Waals surface area contributed by atoms with Gasteiger partial charge in [-0.15, -0.1) is 11.3 Å². The largest absolute Gasteiger partial charge is 0.333 e. The summed E-state index contributed by atoms with van der Waals surface area (Å²) in [5, 5.41) is 1.95. The lowest BCUT2D eigenvalue weighted by Crippen LogP contribution is -2.31. The van der Waals surface area contributed by atoms with Crippen LogP contribution in [0.1, 0.15) is 35.4 Å².